The van der Waals surface area contributed by atoms with E-state index in [0.29, 0.717) is 17.9 Å². The zero-order chi connectivity index (χ0) is 33.2. The molecule has 1 aliphatic heterocycles. The van der Waals surface area contributed by atoms with Gasteiger partial charge in [0.25, 0.3) is 0 Å². The number of benzene rings is 2. The molecule has 1 atom stereocenters. The SMILES string of the molecule is Cc1nc2c(cc(-c3ccnc(-c4ccc5c(cnn5C)c4)c3)n2C)c(-c2ccc3c(c2C)CCCO3)c1[C@H](OC(C)(C)C)C(=O)O. The number of aliphatic carboxylic acids is 1. The van der Waals surface area contributed by atoms with E-state index in [1.165, 1.54) is 0 Å². The van der Waals surface area contributed by atoms with Crippen LogP contribution in [0.1, 0.15) is 55.7 Å². The second-order valence-electron chi connectivity index (χ2n) is 13.4. The van der Waals surface area contributed by atoms with Crippen LogP contribution in [-0.4, -0.2) is 47.6 Å². The van der Waals surface area contributed by atoms with Crippen molar-refractivity contribution >= 4 is 27.9 Å². The summed E-state index contributed by atoms with van der Waals surface area (Å²) in [7, 11) is 3.94. The van der Waals surface area contributed by atoms with E-state index in [1.54, 1.807) is 0 Å². The third-order valence-corrected chi connectivity index (χ3v) is 9.11. The minimum absolute atomic E-state index is 0.567. The molecule has 0 saturated heterocycles. The molecule has 0 amide bonds. The summed E-state index contributed by atoms with van der Waals surface area (Å²) in [4.78, 5) is 22.7. The first-order valence-corrected chi connectivity index (χ1v) is 16.0. The Balaban J connectivity index is 1.46. The monoisotopic (exact) mass is 629 g/mol. The van der Waals surface area contributed by atoms with Gasteiger partial charge in [0.15, 0.2) is 6.10 Å². The van der Waals surface area contributed by atoms with Crippen LogP contribution in [0.25, 0.3) is 55.6 Å². The number of aryl methyl sites for hydroxylation is 3. The molecule has 0 unspecified atom stereocenters. The molecule has 47 heavy (non-hydrogen) atoms. The Labute approximate surface area is 273 Å². The lowest BCUT2D eigenvalue weighted by Crippen LogP contribution is -2.28. The number of nitrogens with zero attached hydrogens (tertiary/aromatic N) is 5. The van der Waals surface area contributed by atoms with E-state index in [9.17, 15) is 9.90 Å². The Hall–Kier alpha value is -5.02. The average Bonchev–Trinajstić information content (AvgIpc) is 3.58. The molecule has 4 aromatic heterocycles. The van der Waals surface area contributed by atoms with Gasteiger partial charge in [0.05, 0.1) is 35.3 Å². The van der Waals surface area contributed by atoms with Crippen LogP contribution in [-0.2, 0) is 30.0 Å². The normalized spacial score (nSPS) is 13.9. The van der Waals surface area contributed by atoms with Gasteiger partial charge in [-0.15, -0.1) is 0 Å². The largest absolute Gasteiger partial charge is 0.493 e. The number of hydrogen-bond donors (Lipinski definition) is 1. The molecule has 0 fully saturated rings. The molecule has 9 nitrogen and oxygen atoms in total. The quantitative estimate of drug-likeness (QED) is 0.201. The molecule has 240 valence electrons. The van der Waals surface area contributed by atoms with Crippen molar-refractivity contribution in [3.05, 3.63) is 83.3 Å². The Kier molecular flexibility index (Phi) is 7.39. The summed E-state index contributed by atoms with van der Waals surface area (Å²) in [5.41, 5.74) is 10.1. The van der Waals surface area contributed by atoms with Crippen molar-refractivity contribution in [2.24, 2.45) is 14.1 Å². The molecule has 5 heterocycles. The fraction of sp³-hybridized carbons (Fsp3) is 0.316. The van der Waals surface area contributed by atoms with Gasteiger partial charge in [0.1, 0.15) is 11.4 Å². The molecule has 0 saturated carbocycles. The highest BCUT2D eigenvalue weighted by molar-refractivity contribution is 6.01. The summed E-state index contributed by atoms with van der Waals surface area (Å²) >= 11 is 0. The summed E-state index contributed by atoms with van der Waals surface area (Å²) in [5, 5.41) is 16.9. The van der Waals surface area contributed by atoms with Gasteiger partial charge in [-0.25, -0.2) is 9.78 Å². The first-order valence-electron chi connectivity index (χ1n) is 16.0. The Morgan fingerprint density at radius 2 is 1.85 bits per heavy atom. The van der Waals surface area contributed by atoms with Gasteiger partial charge in [-0.2, -0.15) is 5.10 Å². The molecule has 0 spiro atoms. The van der Waals surface area contributed by atoms with Crippen molar-refractivity contribution in [2.45, 2.75) is 59.2 Å². The summed E-state index contributed by atoms with van der Waals surface area (Å²) in [5.74, 6) is -0.158. The van der Waals surface area contributed by atoms with Crippen molar-refractivity contribution in [1.82, 2.24) is 24.3 Å². The van der Waals surface area contributed by atoms with Gasteiger partial charge in [0, 0.05) is 59.0 Å². The van der Waals surface area contributed by atoms with Crippen LogP contribution < -0.4 is 4.74 Å². The first kappa shape index (κ1) is 30.6. The molecule has 0 aliphatic carbocycles. The molecule has 0 bridgehead atoms. The van der Waals surface area contributed by atoms with Crippen LogP contribution in [0.15, 0.2) is 60.9 Å². The molecule has 9 heteroatoms. The van der Waals surface area contributed by atoms with Crippen molar-refractivity contribution in [3.8, 4) is 39.4 Å². The molecule has 1 aliphatic rings. The maximum absolute atomic E-state index is 12.9. The van der Waals surface area contributed by atoms with Gasteiger partial charge in [-0.05, 0) is 101 Å². The second kappa shape index (κ2) is 11.3. The number of fused-ring (bicyclic) bond motifs is 3. The first-order chi connectivity index (χ1) is 22.4. The Morgan fingerprint density at radius 1 is 1.04 bits per heavy atom. The minimum Gasteiger partial charge on any atom is -0.493 e. The Morgan fingerprint density at radius 3 is 2.62 bits per heavy atom. The number of carbonyl (C=O) groups is 1. The smallest absolute Gasteiger partial charge is 0.337 e. The Bertz CT molecular complexity index is 2200. The fourth-order valence-corrected chi connectivity index (χ4v) is 6.88. The standard InChI is InChI=1S/C38H39N5O4/c1-21-26-9-8-16-46-32(26)13-11-27(21)34-28-19-31(42(6)36(28)41-22(2)33(34)35(37(44)45)47-38(3,4)5)24-14-15-39-29(18-24)23-10-12-30-25(17-23)20-40-43(30)7/h10-15,17-20,35H,8-9,16H2,1-7H3,(H,44,45)/t35-/m0/s1. The van der Waals surface area contributed by atoms with Gasteiger partial charge in [-0.1, -0.05) is 12.1 Å². The number of pyridine rings is 2. The van der Waals surface area contributed by atoms with Gasteiger partial charge >= 0.3 is 5.97 Å². The average molecular weight is 630 g/mol. The molecule has 0 radical (unpaired) electrons. The summed E-state index contributed by atoms with van der Waals surface area (Å²) < 4.78 is 16.2. The lowest BCUT2D eigenvalue weighted by Gasteiger charge is -2.29. The van der Waals surface area contributed by atoms with E-state index in [1.807, 2.05) is 71.0 Å². The number of ether oxygens (including phenoxy) is 2. The highest BCUT2D eigenvalue weighted by Gasteiger charge is 2.34. The van der Waals surface area contributed by atoms with Crippen molar-refractivity contribution in [1.29, 1.82) is 0 Å². The molecule has 2 aromatic carbocycles. The fourth-order valence-electron chi connectivity index (χ4n) is 6.88. The summed E-state index contributed by atoms with van der Waals surface area (Å²) in [6, 6.07) is 16.5. The third-order valence-electron chi connectivity index (χ3n) is 9.11. The molecular weight excluding hydrogens is 590 g/mol. The van der Waals surface area contributed by atoms with Crippen LogP contribution in [0.2, 0.25) is 0 Å². The highest BCUT2D eigenvalue weighted by Crippen LogP contribution is 2.45. The number of hydrogen-bond acceptors (Lipinski definition) is 6. The van der Waals surface area contributed by atoms with Crippen molar-refractivity contribution in [2.75, 3.05) is 6.61 Å². The lowest BCUT2D eigenvalue weighted by atomic mass is 9.87. The van der Waals surface area contributed by atoms with E-state index in [0.717, 1.165) is 85.3 Å². The van der Waals surface area contributed by atoms with Crippen LogP contribution in [0, 0.1) is 13.8 Å². The molecule has 7 rings (SSSR count). The topological polar surface area (TPSA) is 104 Å². The number of rotatable bonds is 6. The van der Waals surface area contributed by atoms with Crippen LogP contribution in [0.5, 0.6) is 5.75 Å². The van der Waals surface area contributed by atoms with Gasteiger partial charge in [-0.3, -0.25) is 9.67 Å². The zero-order valence-electron chi connectivity index (χ0n) is 27.9. The van der Waals surface area contributed by atoms with Gasteiger partial charge < -0.3 is 19.1 Å². The van der Waals surface area contributed by atoms with E-state index in [4.69, 9.17) is 19.4 Å². The molecule has 6 aromatic rings. The van der Waals surface area contributed by atoms with E-state index < -0.39 is 17.7 Å². The van der Waals surface area contributed by atoms with Crippen LogP contribution in [0.4, 0.5) is 0 Å². The van der Waals surface area contributed by atoms with E-state index in [-0.39, 0.29) is 0 Å². The number of aromatic nitrogens is 5. The van der Waals surface area contributed by atoms with Crippen molar-refractivity contribution < 1.29 is 19.4 Å². The maximum atomic E-state index is 12.9. The van der Waals surface area contributed by atoms with Crippen LogP contribution >= 0.6 is 0 Å². The molecular formula is C38H39N5O4. The van der Waals surface area contributed by atoms with E-state index in [2.05, 4.69) is 53.0 Å². The number of carboxylic acids is 1. The number of carboxylic acid groups (broad SMARTS) is 1. The second-order valence-corrected chi connectivity index (χ2v) is 13.4. The van der Waals surface area contributed by atoms with E-state index >= 15 is 0 Å². The maximum Gasteiger partial charge on any atom is 0.337 e. The summed E-state index contributed by atoms with van der Waals surface area (Å²) in [6.45, 7) is 10.3. The van der Waals surface area contributed by atoms with Gasteiger partial charge in [0.2, 0.25) is 0 Å². The van der Waals surface area contributed by atoms with Crippen LogP contribution in [0.3, 0.4) is 0 Å². The predicted octanol–water partition coefficient (Wildman–Crippen LogP) is 7.74. The third kappa shape index (κ3) is 5.34. The van der Waals surface area contributed by atoms with Crippen molar-refractivity contribution in [3.63, 3.8) is 0 Å². The lowest BCUT2D eigenvalue weighted by molar-refractivity contribution is -0.160. The zero-order valence-corrected chi connectivity index (χ0v) is 27.9. The molecule has 1 N–H and O–H groups in total. The highest BCUT2D eigenvalue weighted by atomic mass is 16.5. The predicted molar refractivity (Wildman–Crippen MR) is 184 cm³/mol. The summed E-state index contributed by atoms with van der Waals surface area (Å²) in [6.07, 6.45) is 4.32. The minimum atomic E-state index is -1.22.